The van der Waals surface area contributed by atoms with E-state index in [1.54, 1.807) is 0 Å². The Morgan fingerprint density at radius 3 is 3.04 bits per heavy atom. The van der Waals surface area contributed by atoms with Crippen molar-refractivity contribution in [3.63, 3.8) is 0 Å². The van der Waals surface area contributed by atoms with Gasteiger partial charge in [0.05, 0.1) is 37.0 Å². The van der Waals surface area contributed by atoms with Crippen LogP contribution in [0.15, 0.2) is 24.3 Å². The van der Waals surface area contributed by atoms with E-state index in [1.165, 1.54) is 0 Å². The van der Waals surface area contributed by atoms with E-state index in [4.69, 9.17) is 14.5 Å². The number of para-hydroxylation sites is 1. The van der Waals surface area contributed by atoms with Gasteiger partial charge in [0.15, 0.2) is 0 Å². The predicted molar refractivity (Wildman–Crippen MR) is 95.8 cm³/mol. The molecule has 1 aliphatic carbocycles. The number of aryl methyl sites for hydroxylation is 1. The first-order chi connectivity index (χ1) is 12.2. The first-order valence-corrected chi connectivity index (χ1v) is 9.10. The van der Waals surface area contributed by atoms with Crippen molar-refractivity contribution in [2.45, 2.75) is 32.3 Å². The van der Waals surface area contributed by atoms with Gasteiger partial charge >= 0.3 is 0 Å². The molecule has 132 valence electrons. The smallest absolute Gasteiger partial charge is 0.252 e. The second-order valence-corrected chi connectivity index (χ2v) is 7.05. The van der Waals surface area contributed by atoms with Crippen LogP contribution in [-0.4, -0.2) is 43.4 Å². The number of rotatable bonds is 3. The maximum absolute atomic E-state index is 13.0. The third-order valence-electron chi connectivity index (χ3n) is 5.11. The van der Waals surface area contributed by atoms with E-state index in [0.717, 1.165) is 47.0 Å². The van der Waals surface area contributed by atoms with Gasteiger partial charge in [-0.05, 0) is 36.8 Å². The van der Waals surface area contributed by atoms with E-state index in [2.05, 4.69) is 12.2 Å². The van der Waals surface area contributed by atoms with Crippen molar-refractivity contribution in [2.75, 3.05) is 26.4 Å². The molecule has 2 heterocycles. The first kappa shape index (κ1) is 16.5. The van der Waals surface area contributed by atoms with Gasteiger partial charge in [-0.25, -0.2) is 0 Å². The van der Waals surface area contributed by atoms with Crippen LogP contribution in [0.25, 0.3) is 10.9 Å². The summed E-state index contributed by atoms with van der Waals surface area (Å²) in [5.74, 6) is 0.551. The zero-order valence-corrected chi connectivity index (χ0v) is 14.6. The van der Waals surface area contributed by atoms with Crippen molar-refractivity contribution in [3.05, 3.63) is 41.1 Å². The number of hydrogen-bond donors (Lipinski definition) is 1. The number of ether oxygens (including phenoxy) is 2. The van der Waals surface area contributed by atoms with Gasteiger partial charge in [0.2, 0.25) is 0 Å². The minimum absolute atomic E-state index is 0.0295. The fourth-order valence-electron chi connectivity index (χ4n) is 3.77. The zero-order valence-electron chi connectivity index (χ0n) is 14.6. The lowest BCUT2D eigenvalue weighted by Crippen LogP contribution is -2.40. The fourth-order valence-corrected chi connectivity index (χ4v) is 3.77. The molecule has 0 bridgehead atoms. The van der Waals surface area contributed by atoms with Crippen molar-refractivity contribution in [1.82, 2.24) is 10.3 Å². The molecular weight excluding hydrogens is 316 g/mol. The second kappa shape index (κ2) is 7.10. The van der Waals surface area contributed by atoms with Crippen molar-refractivity contribution in [2.24, 2.45) is 5.92 Å². The summed E-state index contributed by atoms with van der Waals surface area (Å²) in [6, 6.07) is 7.93. The Morgan fingerprint density at radius 2 is 2.20 bits per heavy atom. The monoisotopic (exact) mass is 340 g/mol. The van der Waals surface area contributed by atoms with E-state index in [-0.39, 0.29) is 12.0 Å². The molecule has 4 rings (SSSR count). The van der Waals surface area contributed by atoms with Gasteiger partial charge < -0.3 is 14.8 Å². The minimum atomic E-state index is -0.0689. The van der Waals surface area contributed by atoms with Crippen LogP contribution < -0.4 is 5.32 Å². The molecular formula is C20H24N2O3. The maximum Gasteiger partial charge on any atom is 0.252 e. The molecule has 0 saturated carbocycles. The normalized spacial score (nSPS) is 23.2. The number of amides is 1. The molecule has 2 atom stereocenters. The topological polar surface area (TPSA) is 60.5 Å². The van der Waals surface area contributed by atoms with Crippen molar-refractivity contribution < 1.29 is 14.3 Å². The molecule has 1 amide bonds. The van der Waals surface area contributed by atoms with Gasteiger partial charge in [0, 0.05) is 17.6 Å². The largest absolute Gasteiger partial charge is 0.376 e. The molecule has 25 heavy (non-hydrogen) atoms. The predicted octanol–water partition coefficient (Wildman–Crippen LogP) is 2.50. The van der Waals surface area contributed by atoms with E-state index >= 15 is 0 Å². The highest BCUT2D eigenvalue weighted by atomic mass is 16.6. The molecule has 0 spiro atoms. The molecule has 2 unspecified atom stereocenters. The highest BCUT2D eigenvalue weighted by Gasteiger charge is 2.25. The number of nitrogens with one attached hydrogen (secondary N) is 1. The lowest BCUT2D eigenvalue weighted by Gasteiger charge is -2.26. The number of benzene rings is 1. The third-order valence-corrected chi connectivity index (χ3v) is 5.11. The highest BCUT2D eigenvalue weighted by molar-refractivity contribution is 6.07. The Balaban J connectivity index is 1.66. The minimum Gasteiger partial charge on any atom is -0.376 e. The first-order valence-electron chi connectivity index (χ1n) is 9.10. The molecule has 2 aromatic rings. The van der Waals surface area contributed by atoms with Crippen molar-refractivity contribution in [3.8, 4) is 0 Å². The summed E-state index contributed by atoms with van der Waals surface area (Å²) in [6.07, 6.45) is 2.92. The number of carbonyl (C=O) groups is 1. The number of fused-ring (bicyclic) bond motifs is 2. The van der Waals surface area contributed by atoms with E-state index in [0.29, 0.717) is 32.3 Å². The molecule has 1 N–H and O–H groups in total. The Hall–Kier alpha value is -1.98. The van der Waals surface area contributed by atoms with Gasteiger partial charge in [-0.15, -0.1) is 0 Å². The van der Waals surface area contributed by atoms with E-state index in [1.807, 2.05) is 24.3 Å². The number of nitrogens with zero attached hydrogens (tertiary/aromatic N) is 1. The Bertz CT molecular complexity index is 784. The van der Waals surface area contributed by atoms with Crippen LogP contribution in [0.2, 0.25) is 0 Å². The van der Waals surface area contributed by atoms with Crippen molar-refractivity contribution >= 4 is 16.8 Å². The van der Waals surface area contributed by atoms with Crippen LogP contribution in [0.1, 0.15) is 35.0 Å². The Labute approximate surface area is 147 Å². The SMILES string of the molecule is CC1CCc2nc3ccccc3c(C(=O)NCC3COCCO3)c2C1. The molecule has 2 aliphatic rings. The van der Waals surface area contributed by atoms with Gasteiger partial charge in [-0.2, -0.15) is 0 Å². The summed E-state index contributed by atoms with van der Waals surface area (Å²) >= 11 is 0. The molecule has 0 radical (unpaired) electrons. The average molecular weight is 340 g/mol. The number of aromatic nitrogens is 1. The van der Waals surface area contributed by atoms with Crippen LogP contribution >= 0.6 is 0 Å². The lowest BCUT2D eigenvalue weighted by atomic mass is 9.84. The molecule has 5 nitrogen and oxygen atoms in total. The summed E-state index contributed by atoms with van der Waals surface area (Å²) < 4.78 is 11.0. The highest BCUT2D eigenvalue weighted by Crippen LogP contribution is 2.31. The van der Waals surface area contributed by atoms with E-state index in [9.17, 15) is 4.79 Å². The molecule has 1 aromatic carbocycles. The summed E-state index contributed by atoms with van der Waals surface area (Å²) in [6.45, 7) is 4.47. The molecule has 1 aliphatic heterocycles. The van der Waals surface area contributed by atoms with Crippen LogP contribution in [-0.2, 0) is 22.3 Å². The Kier molecular flexibility index (Phi) is 4.68. The average Bonchev–Trinajstić information content (AvgIpc) is 2.65. The summed E-state index contributed by atoms with van der Waals surface area (Å²) in [5.41, 5.74) is 3.90. The summed E-state index contributed by atoms with van der Waals surface area (Å²) in [5, 5.41) is 3.99. The Morgan fingerprint density at radius 1 is 1.32 bits per heavy atom. The van der Waals surface area contributed by atoms with Crippen LogP contribution in [0.5, 0.6) is 0 Å². The van der Waals surface area contributed by atoms with Crippen molar-refractivity contribution in [1.29, 1.82) is 0 Å². The lowest BCUT2D eigenvalue weighted by molar-refractivity contribution is -0.0855. The molecule has 1 aromatic heterocycles. The van der Waals surface area contributed by atoms with Crippen LogP contribution in [0, 0.1) is 5.92 Å². The van der Waals surface area contributed by atoms with Crippen LogP contribution in [0.4, 0.5) is 0 Å². The second-order valence-electron chi connectivity index (χ2n) is 7.05. The quantitative estimate of drug-likeness (QED) is 0.933. The molecule has 1 saturated heterocycles. The van der Waals surface area contributed by atoms with Gasteiger partial charge in [-0.3, -0.25) is 9.78 Å². The third kappa shape index (κ3) is 3.39. The maximum atomic E-state index is 13.0. The number of pyridine rings is 1. The number of hydrogen-bond acceptors (Lipinski definition) is 4. The fraction of sp³-hybridized carbons (Fsp3) is 0.500. The summed E-state index contributed by atoms with van der Waals surface area (Å²) in [4.78, 5) is 17.9. The molecule has 1 fully saturated rings. The van der Waals surface area contributed by atoms with E-state index < -0.39 is 0 Å². The van der Waals surface area contributed by atoms with Gasteiger partial charge in [0.1, 0.15) is 0 Å². The van der Waals surface area contributed by atoms with Crippen LogP contribution in [0.3, 0.4) is 0 Å². The summed E-state index contributed by atoms with van der Waals surface area (Å²) in [7, 11) is 0. The van der Waals surface area contributed by atoms with Gasteiger partial charge in [-0.1, -0.05) is 25.1 Å². The zero-order chi connectivity index (χ0) is 17.2. The standard InChI is InChI=1S/C20H24N2O3/c1-13-6-7-18-16(10-13)19(15-4-2-3-5-17(15)22-18)20(23)21-11-14-12-24-8-9-25-14/h2-5,13-14H,6-12H2,1H3,(H,21,23). The number of carbonyl (C=O) groups excluding carboxylic acids is 1. The molecule has 5 heteroatoms. The van der Waals surface area contributed by atoms with Gasteiger partial charge in [0.25, 0.3) is 5.91 Å².